The van der Waals surface area contributed by atoms with E-state index in [0.29, 0.717) is 18.5 Å². The zero-order valence-corrected chi connectivity index (χ0v) is 10.5. The van der Waals surface area contributed by atoms with E-state index in [1.165, 1.54) is 4.68 Å². The molecule has 0 aliphatic carbocycles. The number of hydrogen-bond donors (Lipinski definition) is 1. The van der Waals surface area contributed by atoms with Crippen LogP contribution in [0.1, 0.15) is 26.3 Å². The van der Waals surface area contributed by atoms with Crippen molar-refractivity contribution in [3.05, 3.63) is 28.2 Å². The van der Waals surface area contributed by atoms with Gasteiger partial charge < -0.3 is 5.32 Å². The fourth-order valence-electron chi connectivity index (χ4n) is 1.33. The number of nitrogens with zero attached hydrogens (tertiary/aromatic N) is 2. The lowest BCUT2D eigenvalue weighted by molar-refractivity contribution is 0.406. The van der Waals surface area contributed by atoms with Crippen LogP contribution < -0.4 is 10.9 Å². The highest BCUT2D eigenvalue weighted by molar-refractivity contribution is 5.02. The Labute approximate surface area is 96.7 Å². The van der Waals surface area contributed by atoms with Crippen molar-refractivity contribution in [3.8, 4) is 0 Å². The normalized spacial score (nSPS) is 13.1. The van der Waals surface area contributed by atoms with Crippen molar-refractivity contribution in [1.82, 2.24) is 15.1 Å². The molecule has 16 heavy (non-hydrogen) atoms. The van der Waals surface area contributed by atoms with Crippen LogP contribution >= 0.6 is 0 Å². The minimum atomic E-state index is -0.0287. The maximum Gasteiger partial charge on any atom is 0.267 e. The van der Waals surface area contributed by atoms with Crippen LogP contribution in [-0.4, -0.2) is 22.4 Å². The topological polar surface area (TPSA) is 46.9 Å². The van der Waals surface area contributed by atoms with Crippen molar-refractivity contribution in [2.24, 2.45) is 5.92 Å². The Hall–Kier alpha value is -1.16. The van der Waals surface area contributed by atoms with Crippen molar-refractivity contribution < 1.29 is 0 Å². The smallest absolute Gasteiger partial charge is 0.267 e. The summed E-state index contributed by atoms with van der Waals surface area (Å²) in [5.41, 5.74) is 0.878. The first-order chi connectivity index (χ1) is 7.50. The van der Waals surface area contributed by atoms with E-state index in [1.807, 2.05) is 6.92 Å². The lowest BCUT2D eigenvalue weighted by atomic mass is 10.1. The Bertz CT molecular complexity index is 384. The first kappa shape index (κ1) is 12.9. The highest BCUT2D eigenvalue weighted by Gasteiger charge is 2.05. The van der Waals surface area contributed by atoms with Crippen LogP contribution in [-0.2, 0) is 6.54 Å². The van der Waals surface area contributed by atoms with Crippen molar-refractivity contribution in [2.75, 3.05) is 6.54 Å². The van der Waals surface area contributed by atoms with Crippen molar-refractivity contribution >= 4 is 0 Å². The van der Waals surface area contributed by atoms with Crippen LogP contribution in [0.3, 0.4) is 0 Å². The zero-order chi connectivity index (χ0) is 12.1. The summed E-state index contributed by atoms with van der Waals surface area (Å²) < 4.78 is 1.49. The van der Waals surface area contributed by atoms with Gasteiger partial charge >= 0.3 is 0 Å². The first-order valence-electron chi connectivity index (χ1n) is 5.78. The molecule has 0 saturated carbocycles. The molecule has 0 saturated heterocycles. The molecular weight excluding hydrogens is 202 g/mol. The standard InChI is InChI=1S/C12H21N3O/c1-9(2)11(4)13-5-6-15-12(16)7-10(3)8-14-15/h7-9,11,13H,5-6H2,1-4H3. The lowest BCUT2D eigenvalue weighted by Crippen LogP contribution is -2.35. The predicted octanol–water partition coefficient (Wildman–Crippen LogP) is 1.19. The van der Waals surface area contributed by atoms with Gasteiger partial charge in [-0.2, -0.15) is 5.10 Å². The average Bonchev–Trinajstić information content (AvgIpc) is 2.20. The van der Waals surface area contributed by atoms with E-state index < -0.39 is 0 Å². The second-order valence-electron chi connectivity index (χ2n) is 4.58. The van der Waals surface area contributed by atoms with Crippen LogP contribution in [0.15, 0.2) is 17.1 Å². The summed E-state index contributed by atoms with van der Waals surface area (Å²) in [6.07, 6.45) is 1.72. The molecule has 1 unspecified atom stereocenters. The summed E-state index contributed by atoms with van der Waals surface area (Å²) >= 11 is 0. The molecule has 0 radical (unpaired) electrons. The fourth-order valence-corrected chi connectivity index (χ4v) is 1.33. The molecule has 0 amide bonds. The Morgan fingerprint density at radius 3 is 2.69 bits per heavy atom. The van der Waals surface area contributed by atoms with Gasteiger partial charge in [-0.3, -0.25) is 4.79 Å². The van der Waals surface area contributed by atoms with E-state index in [0.717, 1.165) is 12.1 Å². The van der Waals surface area contributed by atoms with Gasteiger partial charge in [0.2, 0.25) is 0 Å². The summed E-state index contributed by atoms with van der Waals surface area (Å²) in [6.45, 7) is 9.77. The molecule has 0 spiro atoms. The Morgan fingerprint density at radius 2 is 2.12 bits per heavy atom. The van der Waals surface area contributed by atoms with Gasteiger partial charge in [0.1, 0.15) is 0 Å². The monoisotopic (exact) mass is 223 g/mol. The van der Waals surface area contributed by atoms with Crippen molar-refractivity contribution in [2.45, 2.75) is 40.3 Å². The minimum absolute atomic E-state index is 0.0287. The van der Waals surface area contributed by atoms with Gasteiger partial charge in [-0.05, 0) is 25.3 Å². The summed E-state index contributed by atoms with van der Waals surface area (Å²) in [5.74, 6) is 0.600. The summed E-state index contributed by atoms with van der Waals surface area (Å²) in [5, 5.41) is 7.46. The minimum Gasteiger partial charge on any atom is -0.312 e. The Balaban J connectivity index is 2.46. The number of hydrogen-bond acceptors (Lipinski definition) is 3. The maximum atomic E-state index is 11.5. The molecule has 1 heterocycles. The van der Waals surface area contributed by atoms with Gasteiger partial charge in [-0.25, -0.2) is 4.68 Å². The Morgan fingerprint density at radius 1 is 1.44 bits per heavy atom. The molecule has 4 heteroatoms. The molecule has 1 N–H and O–H groups in total. The number of aromatic nitrogens is 2. The molecule has 0 aromatic carbocycles. The van der Waals surface area contributed by atoms with E-state index >= 15 is 0 Å². The van der Waals surface area contributed by atoms with Gasteiger partial charge in [-0.1, -0.05) is 13.8 Å². The average molecular weight is 223 g/mol. The quantitative estimate of drug-likeness (QED) is 0.815. The molecule has 0 aliphatic heterocycles. The van der Waals surface area contributed by atoms with Crippen molar-refractivity contribution in [1.29, 1.82) is 0 Å². The number of rotatable bonds is 5. The van der Waals surface area contributed by atoms with Gasteiger partial charge in [0.15, 0.2) is 0 Å². The highest BCUT2D eigenvalue weighted by Crippen LogP contribution is 1.98. The molecule has 1 atom stereocenters. The molecule has 90 valence electrons. The third-order valence-corrected chi connectivity index (χ3v) is 2.80. The molecule has 1 aromatic heterocycles. The SMILES string of the molecule is Cc1cnn(CCNC(C)C(C)C)c(=O)c1. The molecule has 4 nitrogen and oxygen atoms in total. The van der Waals surface area contributed by atoms with E-state index in [4.69, 9.17) is 0 Å². The highest BCUT2D eigenvalue weighted by atomic mass is 16.1. The van der Waals surface area contributed by atoms with Crippen LogP contribution in [0.2, 0.25) is 0 Å². The largest absolute Gasteiger partial charge is 0.312 e. The van der Waals surface area contributed by atoms with Crippen LogP contribution in [0.5, 0.6) is 0 Å². The predicted molar refractivity (Wildman–Crippen MR) is 65.5 cm³/mol. The summed E-state index contributed by atoms with van der Waals surface area (Å²) in [7, 11) is 0. The molecule has 0 fully saturated rings. The molecule has 0 aliphatic rings. The van der Waals surface area contributed by atoms with Crippen LogP contribution in [0, 0.1) is 12.8 Å². The maximum absolute atomic E-state index is 11.5. The second kappa shape index (κ2) is 5.80. The van der Waals surface area contributed by atoms with Crippen LogP contribution in [0.25, 0.3) is 0 Å². The third kappa shape index (κ3) is 3.77. The zero-order valence-electron chi connectivity index (χ0n) is 10.5. The Kier molecular flexibility index (Phi) is 4.68. The van der Waals surface area contributed by atoms with Gasteiger partial charge in [0.05, 0.1) is 12.7 Å². The van der Waals surface area contributed by atoms with E-state index in [9.17, 15) is 4.79 Å². The van der Waals surface area contributed by atoms with Gasteiger partial charge in [0, 0.05) is 18.7 Å². The van der Waals surface area contributed by atoms with Gasteiger partial charge in [-0.15, -0.1) is 0 Å². The van der Waals surface area contributed by atoms with Crippen molar-refractivity contribution in [3.63, 3.8) is 0 Å². The fraction of sp³-hybridized carbons (Fsp3) is 0.667. The third-order valence-electron chi connectivity index (χ3n) is 2.80. The molecule has 0 bridgehead atoms. The van der Waals surface area contributed by atoms with Crippen LogP contribution in [0.4, 0.5) is 0 Å². The summed E-state index contributed by atoms with van der Waals surface area (Å²) in [6, 6.07) is 2.07. The number of nitrogens with one attached hydrogen (secondary N) is 1. The molecular formula is C12H21N3O. The number of aryl methyl sites for hydroxylation is 1. The van der Waals surface area contributed by atoms with E-state index in [-0.39, 0.29) is 5.56 Å². The van der Waals surface area contributed by atoms with E-state index in [2.05, 4.69) is 31.2 Å². The second-order valence-corrected chi connectivity index (χ2v) is 4.58. The molecule has 1 aromatic rings. The lowest BCUT2D eigenvalue weighted by Gasteiger charge is -2.17. The van der Waals surface area contributed by atoms with E-state index in [1.54, 1.807) is 12.3 Å². The summed E-state index contributed by atoms with van der Waals surface area (Å²) in [4.78, 5) is 11.5. The van der Waals surface area contributed by atoms with Gasteiger partial charge in [0.25, 0.3) is 5.56 Å². The first-order valence-corrected chi connectivity index (χ1v) is 5.78. The molecule has 1 rings (SSSR count).